The Balaban J connectivity index is 0.00000441. The molecule has 0 unspecified atom stereocenters. The predicted molar refractivity (Wildman–Crippen MR) is 103 cm³/mol. The number of halogens is 1. The Hall–Kier alpha value is -0.830. The summed E-state index contributed by atoms with van der Waals surface area (Å²) in [5.41, 5.74) is 5.34. The number of amides is 1. The van der Waals surface area contributed by atoms with Crippen molar-refractivity contribution in [1.29, 1.82) is 0 Å². The maximum atomic E-state index is 11.1. The zero-order valence-corrected chi connectivity index (χ0v) is 15.8. The highest BCUT2D eigenvalue weighted by Gasteiger charge is 2.22. The molecule has 0 atom stereocenters. The zero-order chi connectivity index (χ0) is 15.5. The second-order valence-electron chi connectivity index (χ2n) is 5.39. The molecule has 1 heterocycles. The van der Waals surface area contributed by atoms with Gasteiger partial charge in [-0.25, -0.2) is 0 Å². The van der Waals surface area contributed by atoms with Crippen LogP contribution in [0.5, 0.6) is 0 Å². The topological polar surface area (TPSA) is 82.8 Å². The average molecular weight is 423 g/mol. The van der Waals surface area contributed by atoms with Gasteiger partial charge in [0.2, 0.25) is 5.91 Å². The molecule has 1 fully saturated rings. The van der Waals surface area contributed by atoms with E-state index in [2.05, 4.69) is 27.1 Å². The van der Waals surface area contributed by atoms with E-state index in [1.165, 1.54) is 0 Å². The fourth-order valence-corrected chi connectivity index (χ4v) is 2.50. The van der Waals surface area contributed by atoms with Crippen LogP contribution in [0.1, 0.15) is 25.7 Å². The van der Waals surface area contributed by atoms with Crippen molar-refractivity contribution in [2.45, 2.75) is 25.7 Å². The lowest BCUT2D eigenvalue weighted by atomic mass is 9.96. The lowest BCUT2D eigenvalue weighted by Gasteiger charge is -2.30. The number of hydrogen-bond donors (Lipinski definition) is 3. The summed E-state index contributed by atoms with van der Waals surface area (Å²) in [6.45, 7) is 8.36. The number of hydrogen-bond acceptors (Lipinski definition) is 3. The molecule has 6 nitrogen and oxygen atoms in total. The number of aliphatic imine (C=N–C) groups is 1. The molecule has 0 bridgehead atoms. The Labute approximate surface area is 151 Å². The van der Waals surface area contributed by atoms with E-state index in [4.69, 9.17) is 5.73 Å². The molecule has 0 aromatic heterocycles. The molecule has 128 valence electrons. The van der Waals surface area contributed by atoms with Crippen LogP contribution < -0.4 is 16.4 Å². The van der Waals surface area contributed by atoms with Crippen molar-refractivity contribution in [1.82, 2.24) is 15.5 Å². The van der Waals surface area contributed by atoms with Crippen LogP contribution in [0.3, 0.4) is 0 Å². The Bertz CT molecular complexity index is 354. The van der Waals surface area contributed by atoms with Gasteiger partial charge in [0.15, 0.2) is 5.96 Å². The number of nitrogens with two attached hydrogens (primary N) is 1. The van der Waals surface area contributed by atoms with Crippen LogP contribution in [-0.4, -0.2) is 56.5 Å². The maximum absolute atomic E-state index is 11.1. The maximum Gasteiger partial charge on any atom is 0.220 e. The van der Waals surface area contributed by atoms with E-state index in [-0.39, 0.29) is 35.8 Å². The molecule has 1 amide bonds. The van der Waals surface area contributed by atoms with Gasteiger partial charge in [-0.1, -0.05) is 6.08 Å². The van der Waals surface area contributed by atoms with Gasteiger partial charge in [-0.05, 0) is 45.3 Å². The highest BCUT2D eigenvalue weighted by atomic mass is 127. The van der Waals surface area contributed by atoms with Crippen molar-refractivity contribution in [3.05, 3.63) is 12.7 Å². The van der Waals surface area contributed by atoms with Gasteiger partial charge in [-0.2, -0.15) is 0 Å². The lowest BCUT2D eigenvalue weighted by molar-refractivity contribution is -0.123. The molecule has 0 aromatic rings. The minimum Gasteiger partial charge on any atom is -0.369 e. The molecule has 1 aliphatic heterocycles. The first kappa shape index (κ1) is 21.2. The third kappa shape index (κ3) is 8.57. The third-order valence-corrected chi connectivity index (χ3v) is 3.82. The first-order chi connectivity index (χ1) is 10.2. The van der Waals surface area contributed by atoms with Gasteiger partial charge in [0, 0.05) is 26.1 Å². The fraction of sp³-hybridized carbons (Fsp3) is 0.733. The van der Waals surface area contributed by atoms with Gasteiger partial charge < -0.3 is 21.3 Å². The number of rotatable bonds is 8. The number of nitrogens with zero attached hydrogens (tertiary/aromatic N) is 2. The number of piperidine rings is 1. The molecule has 1 rings (SSSR count). The summed E-state index contributed by atoms with van der Waals surface area (Å²) in [4.78, 5) is 17.7. The Kier molecular flexibility index (Phi) is 12.2. The molecule has 4 N–H and O–H groups in total. The predicted octanol–water partition coefficient (Wildman–Crippen LogP) is 0.933. The van der Waals surface area contributed by atoms with Crippen LogP contribution in [0, 0.1) is 5.92 Å². The number of carbonyl (C=O) groups is 1. The summed E-state index contributed by atoms with van der Waals surface area (Å²) < 4.78 is 0. The average Bonchev–Trinajstić information content (AvgIpc) is 2.50. The van der Waals surface area contributed by atoms with E-state index < -0.39 is 0 Å². The van der Waals surface area contributed by atoms with Crippen LogP contribution in [-0.2, 0) is 4.79 Å². The normalized spacial score (nSPS) is 16.7. The summed E-state index contributed by atoms with van der Waals surface area (Å²) in [7, 11) is 1.77. The van der Waals surface area contributed by atoms with Crippen LogP contribution >= 0.6 is 24.0 Å². The molecule has 7 heteroatoms. The first-order valence-corrected chi connectivity index (χ1v) is 7.74. The number of carbonyl (C=O) groups excluding carboxylic acids is 1. The number of unbranched alkanes of at least 4 members (excludes halogenated alkanes) is 1. The van der Waals surface area contributed by atoms with E-state index in [1.807, 2.05) is 6.08 Å². The van der Waals surface area contributed by atoms with Gasteiger partial charge in [0.05, 0.1) is 0 Å². The van der Waals surface area contributed by atoms with Crippen LogP contribution in [0.2, 0.25) is 0 Å². The molecule has 0 spiro atoms. The summed E-state index contributed by atoms with van der Waals surface area (Å²) in [5, 5.41) is 6.42. The van der Waals surface area contributed by atoms with Gasteiger partial charge in [-0.15, -0.1) is 30.6 Å². The van der Waals surface area contributed by atoms with Crippen molar-refractivity contribution in [3.63, 3.8) is 0 Å². The van der Waals surface area contributed by atoms with Gasteiger partial charge in [0.1, 0.15) is 0 Å². The minimum absolute atomic E-state index is 0. The number of nitrogens with one attached hydrogen (secondary N) is 2. The zero-order valence-electron chi connectivity index (χ0n) is 13.5. The molecule has 0 aliphatic carbocycles. The highest BCUT2D eigenvalue weighted by Crippen LogP contribution is 2.16. The third-order valence-electron chi connectivity index (χ3n) is 3.82. The fourth-order valence-electron chi connectivity index (χ4n) is 2.50. The minimum atomic E-state index is -0.141. The number of guanidine groups is 1. The summed E-state index contributed by atoms with van der Waals surface area (Å²) in [5.74, 6) is 0.761. The summed E-state index contributed by atoms with van der Waals surface area (Å²) in [6.07, 6.45) is 5.87. The van der Waals surface area contributed by atoms with Gasteiger partial charge >= 0.3 is 0 Å². The summed E-state index contributed by atoms with van der Waals surface area (Å²) >= 11 is 0. The monoisotopic (exact) mass is 423 g/mol. The van der Waals surface area contributed by atoms with Crippen LogP contribution in [0.15, 0.2) is 17.6 Å². The number of likely N-dealkylation sites (tertiary alicyclic amines) is 1. The SMILES string of the molecule is C=CCNC(=NC)NCCCCN1CCC(C(N)=O)CC1.I. The van der Waals surface area contributed by atoms with Crippen LogP contribution in [0.25, 0.3) is 0 Å². The number of primary amides is 1. The van der Waals surface area contributed by atoms with Crippen molar-refractivity contribution >= 4 is 35.8 Å². The van der Waals surface area contributed by atoms with Crippen molar-refractivity contribution in [2.75, 3.05) is 39.8 Å². The standard InChI is InChI=1S/C15H29N5O.HI/c1-3-8-18-15(17-2)19-9-4-5-10-20-11-6-13(7-12-20)14(16)21;/h3,13H,1,4-12H2,2H3,(H2,16,21)(H2,17,18,19);1H. The van der Waals surface area contributed by atoms with Crippen molar-refractivity contribution in [2.24, 2.45) is 16.6 Å². The van der Waals surface area contributed by atoms with E-state index in [9.17, 15) is 4.79 Å². The molecule has 0 aromatic carbocycles. The van der Waals surface area contributed by atoms with E-state index in [0.717, 1.165) is 57.8 Å². The molecule has 0 saturated carbocycles. The van der Waals surface area contributed by atoms with Crippen molar-refractivity contribution in [3.8, 4) is 0 Å². The second kappa shape index (κ2) is 12.7. The Morgan fingerprint density at radius 3 is 2.59 bits per heavy atom. The van der Waals surface area contributed by atoms with Gasteiger partial charge in [-0.3, -0.25) is 9.79 Å². The molecule has 1 saturated heterocycles. The van der Waals surface area contributed by atoms with E-state index in [1.54, 1.807) is 7.05 Å². The quantitative estimate of drug-likeness (QED) is 0.178. The first-order valence-electron chi connectivity index (χ1n) is 7.74. The molecule has 1 aliphatic rings. The second-order valence-corrected chi connectivity index (χ2v) is 5.39. The lowest BCUT2D eigenvalue weighted by Crippen LogP contribution is -2.39. The van der Waals surface area contributed by atoms with Crippen molar-refractivity contribution < 1.29 is 4.79 Å². The van der Waals surface area contributed by atoms with Crippen LogP contribution in [0.4, 0.5) is 0 Å². The Morgan fingerprint density at radius 2 is 2.05 bits per heavy atom. The Morgan fingerprint density at radius 1 is 1.36 bits per heavy atom. The van der Waals surface area contributed by atoms with Gasteiger partial charge in [0.25, 0.3) is 0 Å². The molecule has 22 heavy (non-hydrogen) atoms. The van der Waals surface area contributed by atoms with E-state index >= 15 is 0 Å². The smallest absolute Gasteiger partial charge is 0.220 e. The molecule has 0 radical (unpaired) electrons. The molecular weight excluding hydrogens is 393 g/mol. The molecular formula is C15H30IN5O. The summed E-state index contributed by atoms with van der Waals surface area (Å²) in [6, 6.07) is 0. The highest BCUT2D eigenvalue weighted by molar-refractivity contribution is 14.0. The largest absolute Gasteiger partial charge is 0.369 e. The van der Waals surface area contributed by atoms with E-state index in [0.29, 0.717) is 6.54 Å².